The third-order valence-corrected chi connectivity index (χ3v) is 4.91. The number of rotatable bonds is 4. The maximum Gasteiger partial charge on any atom is 0.265 e. The molecule has 0 fully saturated rings. The zero-order valence-corrected chi connectivity index (χ0v) is 12.6. The van der Waals surface area contributed by atoms with Crippen molar-refractivity contribution < 1.29 is 12.8 Å². The van der Waals surface area contributed by atoms with Crippen LogP contribution in [0.4, 0.5) is 15.2 Å². The molecule has 8 heteroatoms. The van der Waals surface area contributed by atoms with Crippen LogP contribution in [0.5, 0.6) is 0 Å². The molecule has 0 bridgehead atoms. The molecule has 0 spiro atoms. The molecule has 20 heavy (non-hydrogen) atoms. The minimum atomic E-state index is -3.87. The summed E-state index contributed by atoms with van der Waals surface area (Å²) in [4.78, 5) is 4.01. The van der Waals surface area contributed by atoms with E-state index in [-0.39, 0.29) is 21.6 Å². The summed E-state index contributed by atoms with van der Waals surface area (Å²) in [5.41, 5.74) is 6.20. The van der Waals surface area contributed by atoms with Crippen LogP contribution < -0.4 is 10.5 Å². The standard InChI is InChI=1S/C12H14FN3O2S2/c1-7(2)10-6-19-12(15-10)16-20(17,18)11-4-3-8(13)5-9(11)14/h3-7H,14H2,1-2H3,(H,15,16). The van der Waals surface area contributed by atoms with E-state index in [0.717, 1.165) is 23.9 Å². The van der Waals surface area contributed by atoms with Crippen molar-refractivity contribution in [1.82, 2.24) is 4.98 Å². The fraction of sp³-hybridized carbons (Fsp3) is 0.250. The lowest BCUT2D eigenvalue weighted by Crippen LogP contribution is -2.15. The van der Waals surface area contributed by atoms with Crippen LogP contribution in [-0.2, 0) is 10.0 Å². The van der Waals surface area contributed by atoms with Gasteiger partial charge in [0.2, 0.25) is 0 Å². The summed E-state index contributed by atoms with van der Waals surface area (Å²) in [7, 11) is -3.87. The molecule has 0 unspecified atom stereocenters. The minimum Gasteiger partial charge on any atom is -0.398 e. The molecule has 2 aromatic rings. The molecule has 0 aliphatic rings. The average Bonchev–Trinajstić information content (AvgIpc) is 2.76. The van der Waals surface area contributed by atoms with Gasteiger partial charge in [-0.2, -0.15) is 0 Å². The van der Waals surface area contributed by atoms with Crippen molar-refractivity contribution in [2.75, 3.05) is 10.5 Å². The number of sulfonamides is 1. The van der Waals surface area contributed by atoms with Crippen molar-refractivity contribution in [2.24, 2.45) is 0 Å². The van der Waals surface area contributed by atoms with Crippen molar-refractivity contribution in [3.05, 3.63) is 35.1 Å². The van der Waals surface area contributed by atoms with Crippen LogP contribution in [0.3, 0.4) is 0 Å². The molecular formula is C12H14FN3O2S2. The van der Waals surface area contributed by atoms with Crippen LogP contribution in [0.1, 0.15) is 25.5 Å². The summed E-state index contributed by atoms with van der Waals surface area (Å²) in [6, 6.07) is 3.15. The number of nitrogens with zero attached hydrogens (tertiary/aromatic N) is 1. The second kappa shape index (κ2) is 5.37. The van der Waals surface area contributed by atoms with E-state index in [1.165, 1.54) is 11.3 Å². The second-order valence-electron chi connectivity index (χ2n) is 4.52. The summed E-state index contributed by atoms with van der Waals surface area (Å²) in [6.45, 7) is 3.93. The molecule has 1 heterocycles. The highest BCUT2D eigenvalue weighted by molar-refractivity contribution is 7.93. The van der Waals surface area contributed by atoms with Gasteiger partial charge in [-0.25, -0.2) is 17.8 Å². The van der Waals surface area contributed by atoms with Crippen LogP contribution in [0.15, 0.2) is 28.5 Å². The smallest absolute Gasteiger partial charge is 0.265 e. The first-order valence-corrected chi connectivity index (χ1v) is 8.19. The molecule has 0 aliphatic heterocycles. The normalized spacial score (nSPS) is 11.8. The second-order valence-corrected chi connectivity index (χ2v) is 7.03. The van der Waals surface area contributed by atoms with E-state index < -0.39 is 15.8 Å². The number of hydrogen-bond acceptors (Lipinski definition) is 5. The van der Waals surface area contributed by atoms with Gasteiger partial charge in [0.25, 0.3) is 10.0 Å². The number of nitrogens with two attached hydrogens (primary N) is 1. The largest absolute Gasteiger partial charge is 0.398 e. The van der Waals surface area contributed by atoms with Gasteiger partial charge in [-0.05, 0) is 24.1 Å². The number of benzene rings is 1. The van der Waals surface area contributed by atoms with E-state index in [2.05, 4.69) is 9.71 Å². The summed E-state index contributed by atoms with van der Waals surface area (Å²) >= 11 is 1.19. The summed E-state index contributed by atoms with van der Waals surface area (Å²) < 4.78 is 39.6. The highest BCUT2D eigenvalue weighted by Gasteiger charge is 2.19. The Bertz CT molecular complexity index is 726. The Morgan fingerprint density at radius 2 is 2.10 bits per heavy atom. The van der Waals surface area contributed by atoms with E-state index in [0.29, 0.717) is 0 Å². The topological polar surface area (TPSA) is 85.1 Å². The van der Waals surface area contributed by atoms with Gasteiger partial charge in [-0.1, -0.05) is 13.8 Å². The molecule has 3 N–H and O–H groups in total. The fourth-order valence-electron chi connectivity index (χ4n) is 1.53. The van der Waals surface area contributed by atoms with Gasteiger partial charge in [0, 0.05) is 5.38 Å². The van der Waals surface area contributed by atoms with Crippen molar-refractivity contribution in [2.45, 2.75) is 24.7 Å². The highest BCUT2D eigenvalue weighted by atomic mass is 32.2. The van der Waals surface area contributed by atoms with Crippen molar-refractivity contribution in [3.8, 4) is 0 Å². The van der Waals surface area contributed by atoms with Crippen LogP contribution in [0.25, 0.3) is 0 Å². The molecule has 2 rings (SSSR count). The first-order valence-electron chi connectivity index (χ1n) is 5.83. The van der Waals surface area contributed by atoms with E-state index in [1.807, 2.05) is 13.8 Å². The predicted octanol–water partition coefficient (Wildman–Crippen LogP) is 2.79. The molecule has 0 radical (unpaired) electrons. The third-order valence-electron chi connectivity index (χ3n) is 2.60. The first kappa shape index (κ1) is 14.7. The van der Waals surface area contributed by atoms with Crippen LogP contribution in [-0.4, -0.2) is 13.4 Å². The van der Waals surface area contributed by atoms with Gasteiger partial charge >= 0.3 is 0 Å². The minimum absolute atomic E-state index is 0.141. The van der Waals surface area contributed by atoms with E-state index >= 15 is 0 Å². The molecule has 1 aromatic carbocycles. The van der Waals surface area contributed by atoms with Gasteiger partial charge in [0.1, 0.15) is 10.7 Å². The quantitative estimate of drug-likeness (QED) is 0.850. The number of halogens is 1. The zero-order valence-electron chi connectivity index (χ0n) is 10.9. The number of nitrogen functional groups attached to an aromatic ring is 1. The van der Waals surface area contributed by atoms with Gasteiger partial charge in [-0.15, -0.1) is 11.3 Å². The maximum absolute atomic E-state index is 12.9. The Balaban J connectivity index is 2.30. The molecule has 1 aromatic heterocycles. The molecule has 0 amide bonds. The third kappa shape index (κ3) is 3.07. The Labute approximate surface area is 120 Å². The zero-order chi connectivity index (χ0) is 14.9. The SMILES string of the molecule is CC(C)c1csc(NS(=O)(=O)c2ccc(F)cc2N)n1. The Morgan fingerprint density at radius 1 is 1.40 bits per heavy atom. The Morgan fingerprint density at radius 3 is 2.65 bits per heavy atom. The van der Waals surface area contributed by atoms with Crippen LogP contribution in [0, 0.1) is 5.82 Å². The van der Waals surface area contributed by atoms with Crippen molar-refractivity contribution in [3.63, 3.8) is 0 Å². The Hall–Kier alpha value is -1.67. The van der Waals surface area contributed by atoms with Gasteiger partial charge in [-0.3, -0.25) is 4.72 Å². The van der Waals surface area contributed by atoms with E-state index in [9.17, 15) is 12.8 Å². The summed E-state index contributed by atoms with van der Waals surface area (Å²) in [6.07, 6.45) is 0. The maximum atomic E-state index is 12.9. The molecule has 5 nitrogen and oxygen atoms in total. The Kier molecular flexibility index (Phi) is 3.96. The molecule has 0 atom stereocenters. The van der Waals surface area contributed by atoms with Gasteiger partial charge in [0.05, 0.1) is 11.4 Å². The number of thiazole rings is 1. The van der Waals surface area contributed by atoms with Crippen molar-refractivity contribution in [1.29, 1.82) is 0 Å². The predicted molar refractivity (Wildman–Crippen MR) is 77.8 cm³/mol. The van der Waals surface area contributed by atoms with E-state index in [4.69, 9.17) is 5.73 Å². The number of anilines is 2. The van der Waals surface area contributed by atoms with Crippen molar-refractivity contribution >= 4 is 32.2 Å². The number of aromatic nitrogens is 1. The van der Waals surface area contributed by atoms with Gasteiger partial charge < -0.3 is 5.73 Å². The molecular weight excluding hydrogens is 301 g/mol. The van der Waals surface area contributed by atoms with Crippen LogP contribution in [0.2, 0.25) is 0 Å². The highest BCUT2D eigenvalue weighted by Crippen LogP contribution is 2.26. The number of hydrogen-bond donors (Lipinski definition) is 2. The lowest BCUT2D eigenvalue weighted by atomic mass is 10.2. The van der Waals surface area contributed by atoms with Gasteiger partial charge in [0.15, 0.2) is 5.13 Å². The lowest BCUT2D eigenvalue weighted by Gasteiger charge is -2.08. The monoisotopic (exact) mass is 315 g/mol. The van der Waals surface area contributed by atoms with Crippen LogP contribution >= 0.6 is 11.3 Å². The fourth-order valence-corrected chi connectivity index (χ4v) is 3.77. The molecule has 108 valence electrons. The molecule has 0 saturated heterocycles. The summed E-state index contributed by atoms with van der Waals surface area (Å²) in [5, 5.41) is 2.05. The molecule has 0 aliphatic carbocycles. The first-order chi connectivity index (χ1) is 9.29. The lowest BCUT2D eigenvalue weighted by molar-refractivity contribution is 0.600. The average molecular weight is 315 g/mol. The van der Waals surface area contributed by atoms with E-state index in [1.54, 1.807) is 5.38 Å². The summed E-state index contributed by atoms with van der Waals surface area (Å²) in [5.74, 6) is -0.377. The number of nitrogens with one attached hydrogen (secondary N) is 1. The molecule has 0 saturated carbocycles.